The molecule has 0 bridgehead atoms. The third-order valence-electron chi connectivity index (χ3n) is 4.01. The first-order valence-corrected chi connectivity index (χ1v) is 8.89. The molecule has 1 aliphatic rings. The number of benzene rings is 1. The molecule has 1 fully saturated rings. The zero-order valence-corrected chi connectivity index (χ0v) is 13.6. The number of rotatable bonds is 4. The van der Waals surface area contributed by atoms with Gasteiger partial charge in [-0.1, -0.05) is 18.2 Å². The maximum absolute atomic E-state index is 5.80. The number of aromatic nitrogens is 4. The van der Waals surface area contributed by atoms with E-state index in [4.69, 9.17) is 4.74 Å². The molecule has 23 heavy (non-hydrogen) atoms. The second-order valence-electron chi connectivity index (χ2n) is 5.61. The standard InChI is InChI=1S/C17H18N4OS/c1-2-6-13(7-3-1)21-16-15(10-20-21)17(19-12-18-16)23-11-14-8-4-5-9-22-14/h1-3,6-7,10,12,14H,4-5,8-9,11H2/t14-/m1/s1. The zero-order valence-electron chi connectivity index (χ0n) is 12.8. The summed E-state index contributed by atoms with van der Waals surface area (Å²) in [5, 5.41) is 6.47. The Morgan fingerprint density at radius 3 is 2.91 bits per heavy atom. The van der Waals surface area contributed by atoms with Gasteiger partial charge in [0.05, 0.1) is 23.4 Å². The van der Waals surface area contributed by atoms with E-state index in [0.29, 0.717) is 6.10 Å². The number of hydrogen-bond donors (Lipinski definition) is 0. The SMILES string of the molecule is c1ccc(-n2ncc3c(SC[C@H]4CCCCO4)ncnc32)cc1. The van der Waals surface area contributed by atoms with E-state index in [1.54, 1.807) is 18.1 Å². The minimum Gasteiger partial charge on any atom is -0.377 e. The summed E-state index contributed by atoms with van der Waals surface area (Å²) in [5.74, 6) is 0.933. The fourth-order valence-corrected chi connectivity index (χ4v) is 3.83. The number of ether oxygens (including phenoxy) is 1. The highest BCUT2D eigenvalue weighted by Crippen LogP contribution is 2.28. The summed E-state index contributed by atoms with van der Waals surface area (Å²) in [7, 11) is 0. The first-order chi connectivity index (χ1) is 11.4. The molecular formula is C17H18N4OS. The van der Waals surface area contributed by atoms with E-state index in [9.17, 15) is 0 Å². The van der Waals surface area contributed by atoms with Crippen LogP contribution in [0.15, 0.2) is 47.9 Å². The van der Waals surface area contributed by atoms with Crippen LogP contribution in [0.5, 0.6) is 0 Å². The molecule has 1 saturated heterocycles. The van der Waals surface area contributed by atoms with Crippen molar-refractivity contribution in [2.75, 3.05) is 12.4 Å². The van der Waals surface area contributed by atoms with E-state index >= 15 is 0 Å². The van der Waals surface area contributed by atoms with Gasteiger partial charge in [-0.05, 0) is 31.4 Å². The highest BCUT2D eigenvalue weighted by molar-refractivity contribution is 7.99. The fourth-order valence-electron chi connectivity index (χ4n) is 2.81. The molecule has 4 rings (SSSR count). The molecule has 0 amide bonds. The Bertz CT molecular complexity index is 784. The Labute approximate surface area is 139 Å². The van der Waals surface area contributed by atoms with Crippen LogP contribution in [0.1, 0.15) is 19.3 Å². The number of hydrogen-bond acceptors (Lipinski definition) is 5. The van der Waals surface area contributed by atoms with Crippen molar-refractivity contribution >= 4 is 22.8 Å². The van der Waals surface area contributed by atoms with E-state index in [-0.39, 0.29) is 0 Å². The van der Waals surface area contributed by atoms with Crippen molar-refractivity contribution in [3.05, 3.63) is 42.9 Å². The Kier molecular flexibility index (Phi) is 4.26. The van der Waals surface area contributed by atoms with E-state index in [1.807, 2.05) is 41.2 Å². The fraction of sp³-hybridized carbons (Fsp3) is 0.353. The highest BCUT2D eigenvalue weighted by atomic mass is 32.2. The average Bonchev–Trinajstić information content (AvgIpc) is 3.06. The normalized spacial score (nSPS) is 18.3. The van der Waals surface area contributed by atoms with Crippen molar-refractivity contribution in [3.63, 3.8) is 0 Å². The van der Waals surface area contributed by atoms with E-state index in [1.165, 1.54) is 12.8 Å². The van der Waals surface area contributed by atoms with Gasteiger partial charge >= 0.3 is 0 Å². The lowest BCUT2D eigenvalue weighted by molar-refractivity contribution is 0.0315. The molecule has 0 unspecified atom stereocenters. The highest BCUT2D eigenvalue weighted by Gasteiger charge is 2.16. The predicted molar refractivity (Wildman–Crippen MR) is 91.0 cm³/mol. The zero-order chi connectivity index (χ0) is 15.5. The number of para-hydroxylation sites is 1. The van der Waals surface area contributed by atoms with Crippen LogP contribution in [-0.4, -0.2) is 38.2 Å². The molecule has 2 aromatic heterocycles. The lowest BCUT2D eigenvalue weighted by atomic mass is 10.1. The summed E-state index contributed by atoms with van der Waals surface area (Å²) in [6, 6.07) is 10.0. The molecule has 118 valence electrons. The largest absolute Gasteiger partial charge is 0.377 e. The quantitative estimate of drug-likeness (QED) is 0.543. The summed E-state index contributed by atoms with van der Waals surface area (Å²) in [6.07, 6.45) is 7.40. The molecule has 3 aromatic rings. The van der Waals surface area contributed by atoms with Crippen molar-refractivity contribution in [2.24, 2.45) is 0 Å². The van der Waals surface area contributed by atoms with Crippen LogP contribution in [0.4, 0.5) is 0 Å². The molecule has 6 heteroatoms. The van der Waals surface area contributed by atoms with Gasteiger partial charge in [-0.25, -0.2) is 14.6 Å². The van der Waals surface area contributed by atoms with Gasteiger partial charge < -0.3 is 4.74 Å². The third-order valence-corrected chi connectivity index (χ3v) is 5.15. The van der Waals surface area contributed by atoms with E-state index in [0.717, 1.165) is 40.5 Å². The summed E-state index contributed by atoms with van der Waals surface area (Å²) in [6.45, 7) is 0.885. The van der Waals surface area contributed by atoms with Gasteiger partial charge in [0, 0.05) is 12.4 Å². The Morgan fingerprint density at radius 1 is 1.17 bits per heavy atom. The molecule has 3 heterocycles. The lowest BCUT2D eigenvalue weighted by Crippen LogP contribution is -2.21. The number of nitrogens with zero attached hydrogens (tertiary/aromatic N) is 4. The number of fused-ring (bicyclic) bond motifs is 1. The van der Waals surface area contributed by atoms with Gasteiger partial charge in [-0.15, -0.1) is 11.8 Å². The van der Waals surface area contributed by atoms with Crippen LogP contribution in [0, 0.1) is 0 Å². The maximum atomic E-state index is 5.80. The van der Waals surface area contributed by atoms with E-state index in [2.05, 4.69) is 15.1 Å². The van der Waals surface area contributed by atoms with Crippen molar-refractivity contribution < 1.29 is 4.74 Å². The summed E-state index contributed by atoms with van der Waals surface area (Å²) in [4.78, 5) is 8.86. The lowest BCUT2D eigenvalue weighted by Gasteiger charge is -2.21. The molecule has 1 aromatic carbocycles. The second-order valence-corrected chi connectivity index (χ2v) is 6.62. The van der Waals surface area contributed by atoms with Crippen molar-refractivity contribution in [1.82, 2.24) is 19.7 Å². The summed E-state index contributed by atoms with van der Waals surface area (Å²) >= 11 is 1.74. The molecule has 1 aliphatic heterocycles. The summed E-state index contributed by atoms with van der Waals surface area (Å²) in [5.41, 5.74) is 1.85. The molecule has 0 radical (unpaired) electrons. The van der Waals surface area contributed by atoms with Crippen LogP contribution >= 0.6 is 11.8 Å². The summed E-state index contributed by atoms with van der Waals surface area (Å²) < 4.78 is 7.66. The smallest absolute Gasteiger partial charge is 0.167 e. The van der Waals surface area contributed by atoms with Gasteiger partial charge in [-0.2, -0.15) is 5.10 Å². The van der Waals surface area contributed by atoms with Crippen molar-refractivity contribution in [3.8, 4) is 5.69 Å². The van der Waals surface area contributed by atoms with Crippen molar-refractivity contribution in [2.45, 2.75) is 30.4 Å². The van der Waals surface area contributed by atoms with Crippen LogP contribution < -0.4 is 0 Å². The van der Waals surface area contributed by atoms with Crippen LogP contribution in [-0.2, 0) is 4.74 Å². The van der Waals surface area contributed by atoms with Gasteiger partial charge in [0.1, 0.15) is 11.4 Å². The molecule has 0 aliphatic carbocycles. The Hall–Kier alpha value is -1.92. The molecule has 5 nitrogen and oxygen atoms in total. The van der Waals surface area contributed by atoms with Crippen molar-refractivity contribution in [1.29, 1.82) is 0 Å². The first kappa shape index (κ1) is 14.7. The second kappa shape index (κ2) is 6.68. The van der Waals surface area contributed by atoms with Gasteiger partial charge in [-0.3, -0.25) is 0 Å². The van der Waals surface area contributed by atoms with E-state index < -0.39 is 0 Å². The van der Waals surface area contributed by atoms with Gasteiger partial charge in [0.2, 0.25) is 0 Å². The number of thioether (sulfide) groups is 1. The molecule has 0 N–H and O–H groups in total. The van der Waals surface area contributed by atoms with Crippen LogP contribution in [0.25, 0.3) is 16.7 Å². The Balaban J connectivity index is 1.60. The topological polar surface area (TPSA) is 52.8 Å². The minimum atomic E-state index is 0.336. The molecular weight excluding hydrogens is 308 g/mol. The van der Waals surface area contributed by atoms with Gasteiger partial charge in [0.15, 0.2) is 5.65 Å². The third kappa shape index (κ3) is 3.09. The van der Waals surface area contributed by atoms with Crippen LogP contribution in [0.3, 0.4) is 0 Å². The Morgan fingerprint density at radius 2 is 2.09 bits per heavy atom. The van der Waals surface area contributed by atoms with Gasteiger partial charge in [0.25, 0.3) is 0 Å². The average molecular weight is 326 g/mol. The monoisotopic (exact) mass is 326 g/mol. The maximum Gasteiger partial charge on any atom is 0.167 e. The molecule has 0 spiro atoms. The predicted octanol–water partition coefficient (Wildman–Crippen LogP) is 3.48. The van der Waals surface area contributed by atoms with Crippen LogP contribution in [0.2, 0.25) is 0 Å². The molecule has 1 atom stereocenters. The first-order valence-electron chi connectivity index (χ1n) is 7.90. The molecule has 0 saturated carbocycles. The minimum absolute atomic E-state index is 0.336.